The van der Waals surface area contributed by atoms with Crippen LogP contribution in [0.5, 0.6) is 0 Å². The lowest BCUT2D eigenvalue weighted by atomic mass is 10.1. The summed E-state index contributed by atoms with van der Waals surface area (Å²) in [5.74, 6) is -0.946. The van der Waals surface area contributed by atoms with Gasteiger partial charge in [-0.1, -0.05) is 29.3 Å². The Labute approximate surface area is 156 Å². The number of amides is 1. The topological polar surface area (TPSA) is 73.2 Å². The number of esters is 1. The van der Waals surface area contributed by atoms with Crippen molar-refractivity contribution in [1.82, 2.24) is 15.1 Å². The maximum Gasteiger partial charge on any atom is 0.328 e. The molecule has 1 atom stereocenters. The van der Waals surface area contributed by atoms with Crippen molar-refractivity contribution in [1.29, 1.82) is 0 Å². The summed E-state index contributed by atoms with van der Waals surface area (Å²) >= 11 is 12.0. The number of ether oxygens (including phenoxy) is 1. The Morgan fingerprint density at radius 3 is 2.60 bits per heavy atom. The van der Waals surface area contributed by atoms with Gasteiger partial charge in [0.1, 0.15) is 6.54 Å². The molecule has 2 aromatic rings. The van der Waals surface area contributed by atoms with Crippen LogP contribution in [0.3, 0.4) is 0 Å². The standard InChI is InChI=1S/C17H19Cl2N3O3/c1-10-6-11(2)22(21-10)8-17(24)25-9-16(23)20-12(3)14-5-4-13(18)7-15(14)19/h4-7,12H,8-9H2,1-3H3,(H,20,23). The van der Waals surface area contributed by atoms with Gasteiger partial charge in [0.25, 0.3) is 5.91 Å². The van der Waals surface area contributed by atoms with Crippen LogP contribution in [0.4, 0.5) is 0 Å². The molecule has 8 heteroatoms. The van der Waals surface area contributed by atoms with Gasteiger partial charge >= 0.3 is 5.97 Å². The summed E-state index contributed by atoms with van der Waals surface area (Å²) in [6.45, 7) is 5.06. The summed E-state index contributed by atoms with van der Waals surface area (Å²) in [5.41, 5.74) is 2.40. The summed E-state index contributed by atoms with van der Waals surface area (Å²) in [5, 5.41) is 7.88. The second-order valence-corrected chi connectivity index (χ2v) is 6.54. The molecule has 0 aliphatic heterocycles. The van der Waals surface area contributed by atoms with Crippen LogP contribution in [0.2, 0.25) is 10.0 Å². The smallest absolute Gasteiger partial charge is 0.328 e. The normalized spacial score (nSPS) is 11.9. The number of hydrogen-bond donors (Lipinski definition) is 1. The number of nitrogens with one attached hydrogen (secondary N) is 1. The quantitative estimate of drug-likeness (QED) is 0.777. The van der Waals surface area contributed by atoms with Crippen LogP contribution in [0.25, 0.3) is 0 Å². The molecule has 134 valence electrons. The number of carbonyl (C=O) groups is 2. The summed E-state index contributed by atoms with van der Waals surface area (Å²) in [4.78, 5) is 23.8. The minimum absolute atomic E-state index is 0.0362. The highest BCUT2D eigenvalue weighted by Gasteiger charge is 2.15. The Kier molecular flexibility index (Phi) is 6.45. The van der Waals surface area contributed by atoms with Gasteiger partial charge in [0.2, 0.25) is 0 Å². The van der Waals surface area contributed by atoms with E-state index in [-0.39, 0.29) is 19.2 Å². The molecule has 1 unspecified atom stereocenters. The summed E-state index contributed by atoms with van der Waals surface area (Å²) in [7, 11) is 0. The third kappa shape index (κ3) is 5.47. The van der Waals surface area contributed by atoms with Crippen molar-refractivity contribution in [2.24, 2.45) is 0 Å². The van der Waals surface area contributed by atoms with Crippen LogP contribution < -0.4 is 5.32 Å². The second kappa shape index (κ2) is 8.36. The molecular formula is C17H19Cl2N3O3. The maximum absolute atomic E-state index is 12.0. The number of rotatable bonds is 6. The van der Waals surface area contributed by atoms with E-state index < -0.39 is 11.9 Å². The van der Waals surface area contributed by atoms with E-state index in [0.717, 1.165) is 17.0 Å². The summed E-state index contributed by atoms with van der Waals surface area (Å²) < 4.78 is 6.53. The average molecular weight is 384 g/mol. The van der Waals surface area contributed by atoms with Gasteiger partial charge < -0.3 is 10.1 Å². The van der Waals surface area contributed by atoms with E-state index in [4.69, 9.17) is 27.9 Å². The minimum atomic E-state index is -0.529. The zero-order chi connectivity index (χ0) is 18.6. The van der Waals surface area contributed by atoms with E-state index in [2.05, 4.69) is 10.4 Å². The predicted molar refractivity (Wildman–Crippen MR) is 95.7 cm³/mol. The molecular weight excluding hydrogens is 365 g/mol. The molecule has 1 heterocycles. The largest absolute Gasteiger partial charge is 0.454 e. The molecule has 25 heavy (non-hydrogen) atoms. The van der Waals surface area contributed by atoms with Crippen LogP contribution in [0.15, 0.2) is 24.3 Å². The van der Waals surface area contributed by atoms with Crippen molar-refractivity contribution >= 4 is 35.1 Å². The first-order valence-corrected chi connectivity index (χ1v) is 8.43. The van der Waals surface area contributed by atoms with Gasteiger partial charge in [-0.3, -0.25) is 14.3 Å². The number of aromatic nitrogens is 2. The Bertz CT molecular complexity index is 789. The predicted octanol–water partition coefficient (Wildman–Crippen LogP) is 3.23. The maximum atomic E-state index is 12.0. The third-order valence-electron chi connectivity index (χ3n) is 3.55. The van der Waals surface area contributed by atoms with Crippen LogP contribution in [0.1, 0.15) is 29.9 Å². The first kappa shape index (κ1) is 19.3. The molecule has 1 amide bonds. The molecule has 0 fully saturated rings. The molecule has 0 radical (unpaired) electrons. The number of hydrogen-bond acceptors (Lipinski definition) is 4. The fourth-order valence-corrected chi connectivity index (χ4v) is 2.93. The minimum Gasteiger partial charge on any atom is -0.454 e. The molecule has 0 aliphatic carbocycles. The van der Waals surface area contributed by atoms with Gasteiger partial charge in [-0.15, -0.1) is 0 Å². The second-order valence-electron chi connectivity index (χ2n) is 5.70. The molecule has 0 saturated carbocycles. The molecule has 0 bridgehead atoms. The number of halogens is 2. The van der Waals surface area contributed by atoms with Crippen LogP contribution in [0, 0.1) is 13.8 Å². The number of aryl methyl sites for hydroxylation is 2. The van der Waals surface area contributed by atoms with E-state index in [1.165, 1.54) is 4.68 Å². The Hall–Kier alpha value is -2.05. The monoisotopic (exact) mass is 383 g/mol. The first-order chi connectivity index (χ1) is 11.8. The molecule has 1 aromatic carbocycles. The molecule has 2 rings (SSSR count). The lowest BCUT2D eigenvalue weighted by Gasteiger charge is -2.16. The highest BCUT2D eigenvalue weighted by Crippen LogP contribution is 2.25. The van der Waals surface area contributed by atoms with Crippen molar-refractivity contribution in [3.05, 3.63) is 51.3 Å². The zero-order valence-electron chi connectivity index (χ0n) is 14.2. The van der Waals surface area contributed by atoms with Crippen LogP contribution in [-0.2, 0) is 20.9 Å². The highest BCUT2D eigenvalue weighted by atomic mass is 35.5. The van der Waals surface area contributed by atoms with Gasteiger partial charge in [0.15, 0.2) is 6.61 Å². The van der Waals surface area contributed by atoms with Crippen molar-refractivity contribution < 1.29 is 14.3 Å². The number of benzene rings is 1. The van der Waals surface area contributed by atoms with E-state index in [1.807, 2.05) is 19.9 Å². The zero-order valence-corrected chi connectivity index (χ0v) is 15.7. The van der Waals surface area contributed by atoms with Crippen molar-refractivity contribution in [3.63, 3.8) is 0 Å². The van der Waals surface area contributed by atoms with E-state index >= 15 is 0 Å². The van der Waals surface area contributed by atoms with E-state index in [0.29, 0.717) is 10.0 Å². The third-order valence-corrected chi connectivity index (χ3v) is 4.12. The van der Waals surface area contributed by atoms with Crippen molar-refractivity contribution in [2.45, 2.75) is 33.4 Å². The Morgan fingerprint density at radius 2 is 2.00 bits per heavy atom. The molecule has 0 aliphatic rings. The van der Waals surface area contributed by atoms with Crippen molar-refractivity contribution in [3.8, 4) is 0 Å². The lowest BCUT2D eigenvalue weighted by Crippen LogP contribution is -2.32. The van der Waals surface area contributed by atoms with Crippen LogP contribution >= 0.6 is 23.2 Å². The van der Waals surface area contributed by atoms with E-state index in [9.17, 15) is 9.59 Å². The Balaban J connectivity index is 1.83. The molecule has 0 saturated heterocycles. The fraction of sp³-hybridized carbons (Fsp3) is 0.353. The number of nitrogens with zero attached hydrogens (tertiary/aromatic N) is 2. The van der Waals surface area contributed by atoms with Gasteiger partial charge in [0, 0.05) is 15.7 Å². The highest BCUT2D eigenvalue weighted by molar-refractivity contribution is 6.35. The van der Waals surface area contributed by atoms with Gasteiger partial charge in [0.05, 0.1) is 11.7 Å². The summed E-state index contributed by atoms with van der Waals surface area (Å²) in [6.07, 6.45) is 0. The Morgan fingerprint density at radius 1 is 1.28 bits per heavy atom. The van der Waals surface area contributed by atoms with Crippen LogP contribution in [-0.4, -0.2) is 28.3 Å². The van der Waals surface area contributed by atoms with Gasteiger partial charge in [-0.2, -0.15) is 5.10 Å². The van der Waals surface area contributed by atoms with Gasteiger partial charge in [-0.25, -0.2) is 0 Å². The SMILES string of the molecule is Cc1cc(C)n(CC(=O)OCC(=O)NC(C)c2ccc(Cl)cc2Cl)n1. The fourth-order valence-electron chi connectivity index (χ4n) is 2.36. The summed E-state index contributed by atoms with van der Waals surface area (Å²) in [6, 6.07) is 6.56. The molecule has 6 nitrogen and oxygen atoms in total. The average Bonchev–Trinajstić information content (AvgIpc) is 2.82. The first-order valence-electron chi connectivity index (χ1n) is 7.67. The van der Waals surface area contributed by atoms with E-state index in [1.54, 1.807) is 25.1 Å². The van der Waals surface area contributed by atoms with Gasteiger partial charge in [-0.05, 0) is 44.5 Å². The lowest BCUT2D eigenvalue weighted by molar-refractivity contribution is -0.149. The number of carbonyl (C=O) groups excluding carboxylic acids is 2. The molecule has 0 spiro atoms. The molecule has 1 N–H and O–H groups in total. The molecule has 1 aromatic heterocycles. The van der Waals surface area contributed by atoms with Crippen molar-refractivity contribution in [2.75, 3.05) is 6.61 Å².